The number of aromatic amines is 1. The molecule has 0 aliphatic rings. The Kier molecular flexibility index (Phi) is 5.86. The van der Waals surface area contributed by atoms with Gasteiger partial charge in [0.05, 0.1) is 11.1 Å². The number of carbonyl (C=O) groups excluding carboxylic acids is 1. The first kappa shape index (κ1) is 21.7. The lowest BCUT2D eigenvalue weighted by Crippen LogP contribution is -2.33. The van der Waals surface area contributed by atoms with E-state index >= 15 is 0 Å². The van der Waals surface area contributed by atoms with E-state index in [0.29, 0.717) is 5.56 Å². The number of aliphatic carboxylic acids is 1. The second-order valence-corrected chi connectivity index (χ2v) is 6.44. The maximum atomic E-state index is 12.6. The van der Waals surface area contributed by atoms with E-state index < -0.39 is 47.0 Å². The minimum absolute atomic E-state index is 0.0461. The molecular weight excluding hydrogens is 421 g/mol. The standard InChI is InChI=1S/C20H15F3N2O6/c21-20(22,23)11-3-1-10(2-4-11)9-31-12-5-6-13-14(7-12)25-19(30)16(17(13)28)18(29)24-8-15(26)27/h1-7H,8-9H2,(H,24,29)(H,26,27)(H2,25,28,30). The molecular formula is C20H15F3N2O6. The van der Waals surface area contributed by atoms with Gasteiger partial charge in [0.1, 0.15) is 30.2 Å². The summed E-state index contributed by atoms with van der Waals surface area (Å²) in [6.45, 7) is -0.776. The Morgan fingerprint density at radius 1 is 1.10 bits per heavy atom. The number of aromatic nitrogens is 1. The van der Waals surface area contributed by atoms with Gasteiger partial charge in [-0.3, -0.25) is 14.4 Å². The van der Waals surface area contributed by atoms with Crippen LogP contribution in [-0.4, -0.2) is 33.6 Å². The Morgan fingerprint density at radius 3 is 2.39 bits per heavy atom. The summed E-state index contributed by atoms with van der Waals surface area (Å²) < 4.78 is 43.3. The van der Waals surface area contributed by atoms with Gasteiger partial charge >= 0.3 is 12.1 Å². The molecule has 4 N–H and O–H groups in total. The maximum absolute atomic E-state index is 12.6. The summed E-state index contributed by atoms with van der Waals surface area (Å²) in [5.41, 5.74) is -1.73. The van der Waals surface area contributed by atoms with Crippen LogP contribution in [0.4, 0.5) is 13.2 Å². The minimum Gasteiger partial charge on any atom is -0.506 e. The van der Waals surface area contributed by atoms with Gasteiger partial charge in [-0.1, -0.05) is 12.1 Å². The Bertz CT molecular complexity index is 1200. The number of rotatable bonds is 6. The molecule has 8 nitrogen and oxygen atoms in total. The number of aromatic hydroxyl groups is 1. The van der Waals surface area contributed by atoms with E-state index in [2.05, 4.69) is 4.98 Å². The highest BCUT2D eigenvalue weighted by molar-refractivity contribution is 6.03. The van der Waals surface area contributed by atoms with E-state index in [1.165, 1.54) is 30.3 Å². The third-order valence-corrected chi connectivity index (χ3v) is 4.27. The van der Waals surface area contributed by atoms with Crippen LogP contribution in [-0.2, 0) is 17.6 Å². The van der Waals surface area contributed by atoms with Crippen LogP contribution in [0.3, 0.4) is 0 Å². The lowest BCUT2D eigenvalue weighted by Gasteiger charge is -2.11. The molecule has 1 aromatic heterocycles. The summed E-state index contributed by atoms with van der Waals surface area (Å²) in [7, 11) is 0. The number of H-pyrrole nitrogens is 1. The van der Waals surface area contributed by atoms with Crippen molar-refractivity contribution in [1.29, 1.82) is 0 Å². The Morgan fingerprint density at radius 2 is 1.77 bits per heavy atom. The molecule has 0 saturated carbocycles. The number of hydrogen-bond acceptors (Lipinski definition) is 5. The molecule has 0 aliphatic carbocycles. The summed E-state index contributed by atoms with van der Waals surface area (Å²) >= 11 is 0. The Hall–Kier alpha value is -4.02. The zero-order valence-electron chi connectivity index (χ0n) is 15.6. The van der Waals surface area contributed by atoms with Crippen LogP contribution in [0.1, 0.15) is 21.5 Å². The van der Waals surface area contributed by atoms with E-state index in [0.717, 1.165) is 12.1 Å². The van der Waals surface area contributed by atoms with Gasteiger partial charge in [0.15, 0.2) is 0 Å². The number of halogens is 3. The summed E-state index contributed by atoms with van der Waals surface area (Å²) in [5.74, 6) is -2.74. The fraction of sp³-hybridized carbons (Fsp3) is 0.150. The number of nitrogens with one attached hydrogen (secondary N) is 2. The normalized spacial score (nSPS) is 11.3. The van der Waals surface area contributed by atoms with Crippen LogP contribution in [0, 0.1) is 0 Å². The van der Waals surface area contributed by atoms with Gasteiger partial charge < -0.3 is 25.3 Å². The number of ether oxygens (including phenoxy) is 1. The predicted molar refractivity (Wildman–Crippen MR) is 102 cm³/mol. The molecule has 0 atom stereocenters. The van der Waals surface area contributed by atoms with Gasteiger partial charge in [0.2, 0.25) is 0 Å². The lowest BCUT2D eigenvalue weighted by molar-refractivity contribution is -0.138. The summed E-state index contributed by atoms with van der Waals surface area (Å²) in [6.07, 6.45) is -4.44. The molecule has 1 heterocycles. The number of amides is 1. The van der Waals surface area contributed by atoms with Crippen LogP contribution in [0.2, 0.25) is 0 Å². The molecule has 0 unspecified atom stereocenters. The zero-order chi connectivity index (χ0) is 22.8. The monoisotopic (exact) mass is 436 g/mol. The van der Waals surface area contributed by atoms with Crippen molar-refractivity contribution < 1.29 is 37.7 Å². The van der Waals surface area contributed by atoms with Crippen molar-refractivity contribution in [3.8, 4) is 11.5 Å². The van der Waals surface area contributed by atoms with Crippen molar-refractivity contribution in [3.63, 3.8) is 0 Å². The van der Waals surface area contributed by atoms with Crippen LogP contribution in [0.5, 0.6) is 11.5 Å². The third-order valence-electron chi connectivity index (χ3n) is 4.27. The fourth-order valence-corrected chi connectivity index (χ4v) is 2.76. The molecule has 3 rings (SSSR count). The topological polar surface area (TPSA) is 129 Å². The zero-order valence-corrected chi connectivity index (χ0v) is 15.6. The van der Waals surface area contributed by atoms with Crippen molar-refractivity contribution in [3.05, 3.63) is 69.5 Å². The van der Waals surface area contributed by atoms with Crippen LogP contribution < -0.4 is 15.6 Å². The smallest absolute Gasteiger partial charge is 0.416 e. The molecule has 0 bridgehead atoms. The van der Waals surface area contributed by atoms with E-state index in [-0.39, 0.29) is 23.3 Å². The van der Waals surface area contributed by atoms with Gasteiger partial charge in [-0.15, -0.1) is 0 Å². The molecule has 0 spiro atoms. The number of hydrogen-bond donors (Lipinski definition) is 4. The highest BCUT2D eigenvalue weighted by Gasteiger charge is 2.29. The maximum Gasteiger partial charge on any atom is 0.416 e. The van der Waals surface area contributed by atoms with Crippen molar-refractivity contribution in [2.75, 3.05) is 6.54 Å². The highest BCUT2D eigenvalue weighted by atomic mass is 19.4. The van der Waals surface area contributed by atoms with Crippen LogP contribution in [0.15, 0.2) is 47.3 Å². The molecule has 162 valence electrons. The average molecular weight is 436 g/mol. The molecule has 1 amide bonds. The number of pyridine rings is 1. The van der Waals surface area contributed by atoms with Gasteiger partial charge in [0.25, 0.3) is 11.5 Å². The molecule has 11 heteroatoms. The number of fused-ring (bicyclic) bond motifs is 1. The molecule has 2 aromatic carbocycles. The van der Waals surface area contributed by atoms with E-state index in [9.17, 15) is 32.7 Å². The number of carboxylic acid groups (broad SMARTS) is 1. The number of carboxylic acids is 1. The van der Waals surface area contributed by atoms with E-state index in [4.69, 9.17) is 9.84 Å². The van der Waals surface area contributed by atoms with Gasteiger partial charge in [-0.2, -0.15) is 13.2 Å². The van der Waals surface area contributed by atoms with Gasteiger partial charge in [-0.05, 0) is 29.8 Å². The fourth-order valence-electron chi connectivity index (χ4n) is 2.76. The lowest BCUT2D eigenvalue weighted by atomic mass is 10.1. The van der Waals surface area contributed by atoms with Crippen molar-refractivity contribution in [2.45, 2.75) is 12.8 Å². The SMILES string of the molecule is O=C(O)CNC(=O)c1c(O)c2ccc(OCc3ccc(C(F)(F)F)cc3)cc2[nH]c1=O. The van der Waals surface area contributed by atoms with Crippen molar-refractivity contribution in [1.82, 2.24) is 10.3 Å². The molecule has 0 fully saturated rings. The Labute approximate surface area is 171 Å². The second kappa shape index (κ2) is 8.38. The third kappa shape index (κ3) is 4.94. The first-order valence-corrected chi connectivity index (χ1v) is 8.74. The van der Waals surface area contributed by atoms with Gasteiger partial charge in [-0.25, -0.2) is 0 Å². The first-order valence-electron chi connectivity index (χ1n) is 8.74. The quantitative estimate of drug-likeness (QED) is 0.470. The molecule has 31 heavy (non-hydrogen) atoms. The number of benzene rings is 2. The summed E-state index contributed by atoms with van der Waals surface area (Å²) in [5, 5.41) is 21.0. The predicted octanol–water partition coefficient (Wildman–Crippen LogP) is 2.65. The minimum atomic E-state index is -4.44. The summed E-state index contributed by atoms with van der Waals surface area (Å²) in [6, 6.07) is 8.61. The van der Waals surface area contributed by atoms with E-state index in [1.807, 2.05) is 5.32 Å². The molecule has 0 saturated heterocycles. The second-order valence-electron chi connectivity index (χ2n) is 6.44. The number of alkyl halides is 3. The average Bonchev–Trinajstić information content (AvgIpc) is 2.70. The van der Waals surface area contributed by atoms with Crippen LogP contribution >= 0.6 is 0 Å². The van der Waals surface area contributed by atoms with E-state index in [1.54, 1.807) is 0 Å². The largest absolute Gasteiger partial charge is 0.506 e. The Balaban J connectivity index is 1.80. The van der Waals surface area contributed by atoms with Crippen molar-refractivity contribution in [2.24, 2.45) is 0 Å². The van der Waals surface area contributed by atoms with Crippen molar-refractivity contribution >= 4 is 22.8 Å². The first-order chi connectivity index (χ1) is 14.6. The molecule has 0 aliphatic heterocycles. The summed E-state index contributed by atoms with van der Waals surface area (Å²) in [4.78, 5) is 37.1. The highest BCUT2D eigenvalue weighted by Crippen LogP contribution is 2.30. The van der Waals surface area contributed by atoms with Gasteiger partial charge in [0, 0.05) is 11.5 Å². The molecule has 0 radical (unpaired) electrons. The van der Waals surface area contributed by atoms with Crippen LogP contribution in [0.25, 0.3) is 10.9 Å². The number of carbonyl (C=O) groups is 2. The molecule has 3 aromatic rings.